The minimum atomic E-state index is -2.01. The molecule has 4 rings (SSSR count). The molecule has 1 aliphatic rings. The van der Waals surface area contributed by atoms with Crippen LogP contribution in [-0.4, -0.2) is 77.5 Å². The number of ether oxygens (including phenoxy) is 2. The van der Waals surface area contributed by atoms with Crippen molar-refractivity contribution in [1.82, 2.24) is 0 Å². The van der Waals surface area contributed by atoms with Gasteiger partial charge in [0.2, 0.25) is 12.0 Å². The van der Waals surface area contributed by atoms with E-state index >= 15 is 0 Å². The summed E-state index contributed by atoms with van der Waals surface area (Å²) in [5.74, 6) is -5.18. The Balaban J connectivity index is 1.83. The van der Waals surface area contributed by atoms with Gasteiger partial charge >= 0.3 is 5.97 Å². The number of carboxylic acids is 1. The number of phenols is 4. The SMILES string of the molecule is O=C(O)C1OC(Oc2c(-c3cc(=O)c4c(O)cc(O)cc4o3)ccc(O)c2O)C(O)C(O)C1O. The number of hydrogen-bond donors (Lipinski definition) is 8. The molecule has 1 fully saturated rings. The lowest BCUT2D eigenvalue weighted by atomic mass is 9.99. The fourth-order valence-electron chi connectivity index (χ4n) is 3.53. The Kier molecular flexibility index (Phi) is 5.70. The fourth-order valence-corrected chi connectivity index (χ4v) is 3.53. The molecule has 5 unspecified atom stereocenters. The molecule has 3 aromatic rings. The van der Waals surface area contributed by atoms with Gasteiger partial charge in [-0.2, -0.15) is 0 Å². The van der Waals surface area contributed by atoms with E-state index in [0.717, 1.165) is 30.3 Å². The molecular formula is C21H18O13. The number of aromatic hydroxyl groups is 4. The van der Waals surface area contributed by atoms with Crippen molar-refractivity contribution in [1.29, 1.82) is 0 Å². The molecule has 0 radical (unpaired) electrons. The van der Waals surface area contributed by atoms with E-state index < -0.39 is 70.9 Å². The first-order valence-corrected chi connectivity index (χ1v) is 9.64. The molecule has 2 aromatic carbocycles. The minimum absolute atomic E-state index is 0.194. The van der Waals surface area contributed by atoms with Crippen molar-refractivity contribution in [3.63, 3.8) is 0 Å². The molecule has 2 heterocycles. The van der Waals surface area contributed by atoms with E-state index in [4.69, 9.17) is 13.9 Å². The Hall–Kier alpha value is -4.04. The summed E-state index contributed by atoms with van der Waals surface area (Å²) >= 11 is 0. The predicted octanol–water partition coefficient (Wildman–Crippen LogP) is -0.447. The lowest BCUT2D eigenvalue weighted by Crippen LogP contribution is -2.61. The molecular weight excluding hydrogens is 460 g/mol. The number of fused-ring (bicyclic) bond motifs is 1. The zero-order chi connectivity index (χ0) is 24.9. The first-order chi connectivity index (χ1) is 16.0. The summed E-state index contributed by atoms with van der Waals surface area (Å²) in [7, 11) is 0. The van der Waals surface area contributed by atoms with E-state index in [1.165, 1.54) is 0 Å². The summed E-state index contributed by atoms with van der Waals surface area (Å²) < 4.78 is 16.0. The lowest BCUT2D eigenvalue weighted by Gasteiger charge is -2.38. The van der Waals surface area contributed by atoms with Crippen LogP contribution < -0.4 is 10.2 Å². The zero-order valence-electron chi connectivity index (χ0n) is 16.9. The number of hydrogen-bond acceptors (Lipinski definition) is 12. The average molecular weight is 478 g/mol. The molecule has 34 heavy (non-hydrogen) atoms. The highest BCUT2D eigenvalue weighted by Crippen LogP contribution is 2.45. The summed E-state index contributed by atoms with van der Waals surface area (Å²) in [6.07, 6.45) is -9.95. The molecule has 1 saturated heterocycles. The van der Waals surface area contributed by atoms with Gasteiger partial charge in [-0.05, 0) is 12.1 Å². The van der Waals surface area contributed by atoms with Gasteiger partial charge in [0.25, 0.3) is 0 Å². The standard InChI is InChI=1S/C21H18O13/c22-6-3-9(24)13-10(25)5-11(32-12(13)4-6)7-1-2-8(23)14(26)18(7)33-21-17(29)15(27)16(28)19(34-21)20(30)31/h1-5,15-17,19,21-24,26-29H,(H,30,31). The maximum absolute atomic E-state index is 12.6. The van der Waals surface area contributed by atoms with Gasteiger partial charge in [0.15, 0.2) is 23.0 Å². The third-order valence-corrected chi connectivity index (χ3v) is 5.22. The van der Waals surface area contributed by atoms with Crippen LogP contribution in [0.25, 0.3) is 22.3 Å². The van der Waals surface area contributed by atoms with Gasteiger partial charge in [-0.15, -0.1) is 0 Å². The highest BCUT2D eigenvalue weighted by Gasteiger charge is 2.48. The number of benzene rings is 2. The van der Waals surface area contributed by atoms with Gasteiger partial charge in [-0.25, -0.2) is 4.79 Å². The number of phenolic OH excluding ortho intramolecular Hbond substituents is 4. The summed E-state index contributed by atoms with van der Waals surface area (Å²) in [5.41, 5.74) is -1.18. The number of aliphatic hydroxyl groups excluding tert-OH is 3. The topological polar surface area (TPSA) is 228 Å². The molecule has 1 aliphatic heterocycles. The Labute approximate surface area is 188 Å². The maximum Gasteiger partial charge on any atom is 0.335 e. The Morgan fingerprint density at radius 3 is 2.29 bits per heavy atom. The maximum atomic E-state index is 12.6. The van der Waals surface area contributed by atoms with Gasteiger partial charge < -0.3 is 54.7 Å². The van der Waals surface area contributed by atoms with E-state index in [-0.39, 0.29) is 22.3 Å². The second-order valence-electron chi connectivity index (χ2n) is 7.48. The van der Waals surface area contributed by atoms with Crippen LogP contribution in [0.2, 0.25) is 0 Å². The van der Waals surface area contributed by atoms with E-state index in [0.29, 0.717) is 0 Å². The Morgan fingerprint density at radius 2 is 1.62 bits per heavy atom. The molecule has 13 nitrogen and oxygen atoms in total. The van der Waals surface area contributed by atoms with Crippen LogP contribution in [0.1, 0.15) is 0 Å². The van der Waals surface area contributed by atoms with Gasteiger partial charge in [-0.1, -0.05) is 0 Å². The second-order valence-corrected chi connectivity index (χ2v) is 7.48. The summed E-state index contributed by atoms with van der Waals surface area (Å²) in [4.78, 5) is 23.9. The smallest absolute Gasteiger partial charge is 0.335 e. The molecule has 13 heteroatoms. The van der Waals surface area contributed by atoms with Crippen molar-refractivity contribution in [2.75, 3.05) is 0 Å². The van der Waals surface area contributed by atoms with E-state index in [2.05, 4.69) is 0 Å². The highest BCUT2D eigenvalue weighted by atomic mass is 16.7. The molecule has 5 atom stereocenters. The highest BCUT2D eigenvalue weighted by molar-refractivity contribution is 5.86. The second kappa shape index (κ2) is 8.39. The number of carbonyl (C=O) groups is 1. The van der Waals surface area contributed by atoms with E-state index in [1.54, 1.807) is 0 Å². The third-order valence-electron chi connectivity index (χ3n) is 5.22. The fraction of sp³-hybridized carbons (Fsp3) is 0.238. The van der Waals surface area contributed by atoms with Crippen molar-refractivity contribution in [2.45, 2.75) is 30.7 Å². The van der Waals surface area contributed by atoms with Gasteiger partial charge in [0.1, 0.15) is 46.5 Å². The Morgan fingerprint density at radius 1 is 0.912 bits per heavy atom. The number of aliphatic hydroxyl groups is 3. The summed E-state index contributed by atoms with van der Waals surface area (Å²) in [6, 6.07) is 5.05. The van der Waals surface area contributed by atoms with Crippen LogP contribution in [-0.2, 0) is 9.53 Å². The first kappa shape index (κ1) is 23.1. The average Bonchev–Trinajstić information content (AvgIpc) is 2.76. The van der Waals surface area contributed by atoms with Crippen molar-refractivity contribution in [2.24, 2.45) is 0 Å². The number of aliphatic carboxylic acids is 1. The molecule has 0 spiro atoms. The molecule has 0 saturated carbocycles. The molecule has 0 amide bonds. The van der Waals surface area contributed by atoms with Crippen LogP contribution in [0.4, 0.5) is 0 Å². The van der Waals surface area contributed by atoms with Crippen LogP contribution in [0.15, 0.2) is 39.5 Å². The van der Waals surface area contributed by atoms with Crippen molar-refractivity contribution in [3.05, 3.63) is 40.6 Å². The van der Waals surface area contributed by atoms with Gasteiger partial charge in [0, 0.05) is 18.2 Å². The molecule has 1 aromatic heterocycles. The quantitative estimate of drug-likeness (QED) is 0.223. The van der Waals surface area contributed by atoms with Crippen molar-refractivity contribution in [3.8, 4) is 40.1 Å². The molecule has 0 bridgehead atoms. The predicted molar refractivity (Wildman–Crippen MR) is 110 cm³/mol. The first-order valence-electron chi connectivity index (χ1n) is 9.64. The van der Waals surface area contributed by atoms with Crippen molar-refractivity contribution < 1.29 is 59.5 Å². The van der Waals surface area contributed by atoms with Crippen LogP contribution in [0, 0.1) is 0 Å². The molecule has 180 valence electrons. The van der Waals surface area contributed by atoms with Crippen LogP contribution >= 0.6 is 0 Å². The monoisotopic (exact) mass is 478 g/mol. The molecule has 0 aliphatic carbocycles. The number of carboxylic acid groups (broad SMARTS) is 1. The van der Waals surface area contributed by atoms with Crippen LogP contribution in [0.5, 0.6) is 28.7 Å². The van der Waals surface area contributed by atoms with Gasteiger partial charge in [0.05, 0.1) is 5.56 Å². The normalized spacial score (nSPS) is 24.7. The Bertz CT molecular complexity index is 1330. The van der Waals surface area contributed by atoms with E-state index in [1.807, 2.05) is 0 Å². The minimum Gasteiger partial charge on any atom is -0.508 e. The van der Waals surface area contributed by atoms with Crippen LogP contribution in [0.3, 0.4) is 0 Å². The number of rotatable bonds is 4. The lowest BCUT2D eigenvalue weighted by molar-refractivity contribution is -0.271. The largest absolute Gasteiger partial charge is 0.508 e. The third kappa shape index (κ3) is 3.82. The van der Waals surface area contributed by atoms with Crippen molar-refractivity contribution >= 4 is 16.9 Å². The zero-order valence-corrected chi connectivity index (χ0v) is 16.9. The summed E-state index contributed by atoms with van der Waals surface area (Å²) in [5, 5.41) is 78.9. The van der Waals surface area contributed by atoms with E-state index in [9.17, 15) is 50.4 Å². The van der Waals surface area contributed by atoms with Gasteiger partial charge in [-0.3, -0.25) is 4.79 Å². The summed E-state index contributed by atoms with van der Waals surface area (Å²) in [6.45, 7) is 0. The molecule has 8 N–H and O–H groups in total.